The molecule has 0 bridgehead atoms. The molecule has 1 aliphatic carbocycles. The lowest BCUT2D eigenvalue weighted by Crippen LogP contribution is -2.55. The Kier molecular flexibility index (Phi) is 5.28. The Morgan fingerprint density at radius 1 is 1.25 bits per heavy atom. The Morgan fingerprint density at radius 2 is 1.96 bits per heavy atom. The van der Waals surface area contributed by atoms with E-state index < -0.39 is 5.54 Å². The lowest BCUT2D eigenvalue weighted by atomic mass is 9.78. The summed E-state index contributed by atoms with van der Waals surface area (Å²) >= 11 is 0. The molecule has 5 nitrogen and oxygen atoms in total. The van der Waals surface area contributed by atoms with E-state index >= 15 is 0 Å². The highest BCUT2D eigenvalue weighted by Crippen LogP contribution is 2.42. The van der Waals surface area contributed by atoms with Crippen LogP contribution in [0.1, 0.15) is 58.8 Å². The van der Waals surface area contributed by atoms with Crippen molar-refractivity contribution in [2.75, 3.05) is 19.6 Å². The molecule has 1 aromatic heterocycles. The molecular weight excluding hydrogens is 300 g/mol. The molecule has 2 N–H and O–H groups in total. The smallest absolute Gasteiger partial charge is 0.248 e. The van der Waals surface area contributed by atoms with Crippen molar-refractivity contribution in [3.8, 4) is 0 Å². The summed E-state index contributed by atoms with van der Waals surface area (Å²) in [7, 11) is 0. The van der Waals surface area contributed by atoms with Gasteiger partial charge in [0.05, 0.1) is 0 Å². The van der Waals surface area contributed by atoms with Crippen LogP contribution in [-0.2, 0) is 10.3 Å². The average molecular weight is 332 g/mol. The summed E-state index contributed by atoms with van der Waals surface area (Å²) in [6.45, 7) is 7.13. The molecule has 0 radical (unpaired) electrons. The van der Waals surface area contributed by atoms with Crippen LogP contribution >= 0.6 is 0 Å². The maximum Gasteiger partial charge on any atom is 0.248 e. The molecular formula is C19H32N4O. The first-order valence-corrected chi connectivity index (χ1v) is 9.56. The fourth-order valence-electron chi connectivity index (χ4n) is 4.80. The van der Waals surface area contributed by atoms with Crippen molar-refractivity contribution < 1.29 is 4.79 Å². The Hall–Kier alpha value is -1.36. The van der Waals surface area contributed by atoms with Crippen LogP contribution in [0.2, 0.25) is 0 Å². The lowest BCUT2D eigenvalue weighted by molar-refractivity contribution is -0.132. The Labute approximate surface area is 145 Å². The van der Waals surface area contributed by atoms with E-state index in [4.69, 9.17) is 0 Å². The predicted molar refractivity (Wildman–Crippen MR) is 95.7 cm³/mol. The van der Waals surface area contributed by atoms with Crippen LogP contribution in [0.25, 0.3) is 0 Å². The topological polar surface area (TPSA) is 59.0 Å². The van der Waals surface area contributed by atoms with Gasteiger partial charge in [-0.25, -0.2) is 0 Å². The van der Waals surface area contributed by atoms with Gasteiger partial charge in [0.25, 0.3) is 0 Å². The van der Waals surface area contributed by atoms with E-state index in [1.54, 1.807) is 6.20 Å². The van der Waals surface area contributed by atoms with Crippen molar-refractivity contribution in [3.05, 3.63) is 18.5 Å². The molecule has 1 aromatic rings. The minimum absolute atomic E-state index is 0.155. The van der Waals surface area contributed by atoms with Gasteiger partial charge >= 0.3 is 0 Å². The van der Waals surface area contributed by atoms with Gasteiger partial charge in [-0.05, 0) is 62.6 Å². The first kappa shape index (κ1) is 17.5. The van der Waals surface area contributed by atoms with Crippen LogP contribution in [0.4, 0.5) is 0 Å². The van der Waals surface area contributed by atoms with Crippen LogP contribution in [0, 0.1) is 11.3 Å². The number of carbonyl (C=O) groups excluding carboxylic acids is 1. The Bertz CT molecular complexity index is 526. The monoisotopic (exact) mass is 332 g/mol. The molecule has 134 valence electrons. The molecule has 2 fully saturated rings. The number of aromatic nitrogens is 2. The predicted octanol–water partition coefficient (Wildman–Crippen LogP) is 2.68. The van der Waals surface area contributed by atoms with E-state index in [0.717, 1.165) is 32.5 Å². The molecule has 3 rings (SSSR count). The maximum atomic E-state index is 13.2. The average Bonchev–Trinajstić information content (AvgIpc) is 3.25. The first-order valence-electron chi connectivity index (χ1n) is 9.56. The standard InChI is InChI=1S/C19H32N4O/c1-16(2)14-18(6-3-4-7-18)15-21-17(24)19(8-11-20-12-9-19)23-13-5-10-22-23/h5,10,13,16,20H,3-4,6-9,11-12,14-15H2,1-2H3,(H,21,24). The molecule has 0 atom stereocenters. The van der Waals surface area contributed by atoms with E-state index in [0.29, 0.717) is 11.3 Å². The summed E-state index contributed by atoms with van der Waals surface area (Å²) in [5, 5.41) is 11.1. The molecule has 1 saturated carbocycles. The largest absolute Gasteiger partial charge is 0.353 e. The van der Waals surface area contributed by atoms with Gasteiger partial charge in [-0.1, -0.05) is 26.7 Å². The molecule has 24 heavy (non-hydrogen) atoms. The SMILES string of the molecule is CC(C)CC1(CNC(=O)C2(n3cccn3)CCNCC2)CCCC1. The van der Waals surface area contributed by atoms with Crippen molar-refractivity contribution in [1.82, 2.24) is 20.4 Å². The number of hydrogen-bond acceptors (Lipinski definition) is 3. The van der Waals surface area contributed by atoms with E-state index in [1.807, 2.05) is 16.9 Å². The number of hydrogen-bond donors (Lipinski definition) is 2. The van der Waals surface area contributed by atoms with E-state index in [2.05, 4.69) is 29.6 Å². The van der Waals surface area contributed by atoms with Gasteiger partial charge in [0.2, 0.25) is 5.91 Å². The molecule has 1 amide bonds. The van der Waals surface area contributed by atoms with E-state index in [-0.39, 0.29) is 5.91 Å². The number of nitrogens with zero attached hydrogens (tertiary/aromatic N) is 2. The van der Waals surface area contributed by atoms with Crippen molar-refractivity contribution in [2.45, 2.75) is 64.3 Å². The molecule has 5 heteroatoms. The summed E-state index contributed by atoms with van der Waals surface area (Å²) in [5.41, 5.74) is -0.214. The second-order valence-electron chi connectivity index (χ2n) is 8.22. The third-order valence-electron chi connectivity index (χ3n) is 5.93. The van der Waals surface area contributed by atoms with Crippen LogP contribution in [0.3, 0.4) is 0 Å². The second-order valence-corrected chi connectivity index (χ2v) is 8.22. The van der Waals surface area contributed by atoms with Gasteiger partial charge in [-0.3, -0.25) is 9.48 Å². The van der Waals surface area contributed by atoms with E-state index in [1.165, 1.54) is 32.1 Å². The van der Waals surface area contributed by atoms with Crippen LogP contribution in [-0.4, -0.2) is 35.3 Å². The third kappa shape index (κ3) is 3.51. The van der Waals surface area contributed by atoms with Gasteiger partial charge in [0, 0.05) is 18.9 Å². The highest BCUT2D eigenvalue weighted by molar-refractivity contribution is 5.84. The fourth-order valence-corrected chi connectivity index (χ4v) is 4.80. The minimum Gasteiger partial charge on any atom is -0.353 e. The zero-order valence-corrected chi connectivity index (χ0v) is 15.2. The number of carbonyl (C=O) groups is 1. The summed E-state index contributed by atoms with van der Waals surface area (Å²) in [5.74, 6) is 0.835. The highest BCUT2D eigenvalue weighted by atomic mass is 16.2. The third-order valence-corrected chi connectivity index (χ3v) is 5.93. The maximum absolute atomic E-state index is 13.2. The Balaban J connectivity index is 1.72. The summed E-state index contributed by atoms with van der Waals surface area (Å²) < 4.78 is 1.88. The van der Waals surface area contributed by atoms with Crippen LogP contribution in [0.5, 0.6) is 0 Å². The summed E-state index contributed by atoms with van der Waals surface area (Å²) in [6, 6.07) is 1.91. The first-order chi connectivity index (χ1) is 11.6. The normalized spacial score (nSPS) is 22.6. The van der Waals surface area contributed by atoms with Crippen molar-refractivity contribution in [2.24, 2.45) is 11.3 Å². The number of piperidine rings is 1. The minimum atomic E-state index is -0.521. The molecule has 0 aromatic carbocycles. The quantitative estimate of drug-likeness (QED) is 0.842. The zero-order chi connectivity index (χ0) is 17.0. The van der Waals surface area contributed by atoms with Crippen molar-refractivity contribution in [1.29, 1.82) is 0 Å². The van der Waals surface area contributed by atoms with Gasteiger partial charge in [0.1, 0.15) is 5.54 Å². The fraction of sp³-hybridized carbons (Fsp3) is 0.789. The van der Waals surface area contributed by atoms with Crippen molar-refractivity contribution >= 4 is 5.91 Å². The van der Waals surface area contributed by atoms with Gasteiger partial charge in [-0.15, -0.1) is 0 Å². The molecule has 2 aliphatic rings. The molecule has 0 spiro atoms. The van der Waals surface area contributed by atoms with Gasteiger partial charge < -0.3 is 10.6 Å². The highest BCUT2D eigenvalue weighted by Gasteiger charge is 2.43. The lowest BCUT2D eigenvalue weighted by Gasteiger charge is -2.38. The molecule has 1 saturated heterocycles. The van der Waals surface area contributed by atoms with E-state index in [9.17, 15) is 4.79 Å². The molecule has 1 aliphatic heterocycles. The molecule has 0 unspecified atom stereocenters. The number of amides is 1. The zero-order valence-electron chi connectivity index (χ0n) is 15.2. The number of rotatable bonds is 6. The van der Waals surface area contributed by atoms with Gasteiger partial charge in [-0.2, -0.15) is 5.10 Å². The summed E-state index contributed by atoms with van der Waals surface area (Å²) in [6.07, 6.45) is 11.6. The van der Waals surface area contributed by atoms with Gasteiger partial charge in [0.15, 0.2) is 0 Å². The number of nitrogens with one attached hydrogen (secondary N) is 2. The van der Waals surface area contributed by atoms with Crippen molar-refractivity contribution in [3.63, 3.8) is 0 Å². The van der Waals surface area contributed by atoms with Crippen LogP contribution in [0.15, 0.2) is 18.5 Å². The van der Waals surface area contributed by atoms with Crippen LogP contribution < -0.4 is 10.6 Å². The Morgan fingerprint density at radius 3 is 2.54 bits per heavy atom. The second kappa shape index (κ2) is 7.26. The summed E-state index contributed by atoms with van der Waals surface area (Å²) in [4.78, 5) is 13.2. The molecule has 2 heterocycles.